The summed E-state index contributed by atoms with van der Waals surface area (Å²) in [6.07, 6.45) is 6.12. The molecule has 3 heterocycles. The summed E-state index contributed by atoms with van der Waals surface area (Å²) in [6.45, 7) is 1.99. The Kier molecular flexibility index (Phi) is 5.33. The van der Waals surface area contributed by atoms with E-state index >= 15 is 0 Å². The second kappa shape index (κ2) is 7.47. The zero-order chi connectivity index (χ0) is 17.1. The van der Waals surface area contributed by atoms with E-state index in [9.17, 15) is 0 Å². The molecule has 0 amide bonds. The van der Waals surface area contributed by atoms with Gasteiger partial charge >= 0.3 is 0 Å². The third kappa shape index (κ3) is 3.53. The predicted octanol–water partition coefficient (Wildman–Crippen LogP) is 4.64. The number of hydrogen-bond acceptors (Lipinski definition) is 4. The van der Waals surface area contributed by atoms with Gasteiger partial charge in [0.05, 0.1) is 33.7 Å². The van der Waals surface area contributed by atoms with Crippen molar-refractivity contribution in [3.63, 3.8) is 0 Å². The average molecular weight is 383 g/mol. The zero-order valence-corrected chi connectivity index (χ0v) is 15.1. The van der Waals surface area contributed by atoms with E-state index in [0.29, 0.717) is 28.1 Å². The molecule has 0 saturated heterocycles. The molecule has 0 aliphatic carbocycles. The number of rotatable bonds is 5. The van der Waals surface area contributed by atoms with Crippen molar-refractivity contribution >= 4 is 34.8 Å². The summed E-state index contributed by atoms with van der Waals surface area (Å²) < 4.78 is 1.69. The van der Waals surface area contributed by atoms with Crippen molar-refractivity contribution in [3.05, 3.63) is 64.0 Å². The minimum Gasteiger partial charge on any atom is -0.256 e. The summed E-state index contributed by atoms with van der Waals surface area (Å²) in [5.41, 5.74) is 2.33. The SMILES string of the molecule is CCC(Cl)c1nc(Cl)cnc1Cc1ccnn1-c1ncccc1Cl. The largest absolute Gasteiger partial charge is 0.256 e. The van der Waals surface area contributed by atoms with Crippen LogP contribution in [0.25, 0.3) is 5.82 Å². The predicted molar refractivity (Wildman–Crippen MR) is 95.1 cm³/mol. The summed E-state index contributed by atoms with van der Waals surface area (Å²) in [5.74, 6) is 0.570. The fraction of sp³-hybridized carbons (Fsp3) is 0.250. The van der Waals surface area contributed by atoms with Crippen LogP contribution >= 0.6 is 34.8 Å². The van der Waals surface area contributed by atoms with Crippen molar-refractivity contribution < 1.29 is 0 Å². The van der Waals surface area contributed by atoms with Crippen LogP contribution in [-0.2, 0) is 6.42 Å². The van der Waals surface area contributed by atoms with Gasteiger partial charge in [-0.2, -0.15) is 5.10 Å². The van der Waals surface area contributed by atoms with E-state index in [0.717, 1.165) is 17.8 Å². The molecule has 8 heteroatoms. The lowest BCUT2D eigenvalue weighted by atomic mass is 10.1. The fourth-order valence-electron chi connectivity index (χ4n) is 2.35. The van der Waals surface area contributed by atoms with Gasteiger partial charge in [0.15, 0.2) is 5.82 Å². The van der Waals surface area contributed by atoms with Crippen LogP contribution < -0.4 is 0 Å². The van der Waals surface area contributed by atoms with Crippen LogP contribution in [-0.4, -0.2) is 24.7 Å². The second-order valence-electron chi connectivity index (χ2n) is 5.12. The normalized spacial score (nSPS) is 12.3. The molecule has 0 N–H and O–H groups in total. The van der Waals surface area contributed by atoms with Gasteiger partial charge in [-0.15, -0.1) is 11.6 Å². The van der Waals surface area contributed by atoms with E-state index < -0.39 is 0 Å². The van der Waals surface area contributed by atoms with Crippen LogP contribution in [0.15, 0.2) is 36.8 Å². The van der Waals surface area contributed by atoms with E-state index in [4.69, 9.17) is 34.8 Å². The highest BCUT2D eigenvalue weighted by Crippen LogP contribution is 2.27. The molecule has 3 rings (SSSR count). The maximum Gasteiger partial charge on any atom is 0.172 e. The molecule has 0 radical (unpaired) electrons. The number of aromatic nitrogens is 5. The molecule has 0 aliphatic rings. The lowest BCUT2D eigenvalue weighted by molar-refractivity contribution is 0.768. The van der Waals surface area contributed by atoms with E-state index in [1.54, 1.807) is 29.2 Å². The van der Waals surface area contributed by atoms with Crippen LogP contribution in [0.4, 0.5) is 0 Å². The van der Waals surface area contributed by atoms with E-state index in [2.05, 4.69) is 20.1 Å². The van der Waals surface area contributed by atoms with Crippen molar-refractivity contribution in [2.24, 2.45) is 0 Å². The van der Waals surface area contributed by atoms with Crippen molar-refractivity contribution in [2.45, 2.75) is 25.1 Å². The van der Waals surface area contributed by atoms with Crippen LogP contribution in [0.1, 0.15) is 35.8 Å². The van der Waals surface area contributed by atoms with Gasteiger partial charge < -0.3 is 0 Å². The lowest BCUT2D eigenvalue weighted by Gasteiger charge is -2.13. The van der Waals surface area contributed by atoms with Gasteiger partial charge in [0.2, 0.25) is 0 Å². The molecule has 5 nitrogen and oxygen atoms in total. The van der Waals surface area contributed by atoms with Crippen LogP contribution in [0.5, 0.6) is 0 Å². The monoisotopic (exact) mass is 381 g/mol. The molecule has 0 spiro atoms. The Morgan fingerprint density at radius 3 is 2.75 bits per heavy atom. The molecule has 24 heavy (non-hydrogen) atoms. The fourth-order valence-corrected chi connectivity index (χ4v) is 2.86. The average Bonchev–Trinajstić information content (AvgIpc) is 3.04. The Bertz CT molecular complexity index is 849. The molecule has 3 aromatic rings. The number of halogens is 3. The molecule has 3 aromatic heterocycles. The first-order valence-corrected chi connectivity index (χ1v) is 8.58. The van der Waals surface area contributed by atoms with Gasteiger partial charge in [0.1, 0.15) is 5.15 Å². The summed E-state index contributed by atoms with van der Waals surface area (Å²) in [6, 6.07) is 5.44. The standard InChI is InChI=1S/C16H14Cl3N5/c1-2-11(17)15-13(21-9-14(19)23-15)8-10-5-7-22-24(10)16-12(18)4-3-6-20-16/h3-7,9,11H,2,8H2,1H3. The Morgan fingerprint density at radius 2 is 2.00 bits per heavy atom. The lowest BCUT2D eigenvalue weighted by Crippen LogP contribution is -2.09. The summed E-state index contributed by atoms with van der Waals surface area (Å²) >= 11 is 18.6. The van der Waals surface area contributed by atoms with E-state index in [1.807, 2.05) is 13.0 Å². The smallest absolute Gasteiger partial charge is 0.172 e. The second-order valence-corrected chi connectivity index (χ2v) is 6.44. The quantitative estimate of drug-likeness (QED) is 0.603. The minimum atomic E-state index is -0.249. The maximum absolute atomic E-state index is 6.37. The van der Waals surface area contributed by atoms with Gasteiger partial charge in [-0.3, -0.25) is 4.98 Å². The van der Waals surface area contributed by atoms with Crippen LogP contribution in [0.2, 0.25) is 10.2 Å². The Balaban J connectivity index is 2.00. The highest BCUT2D eigenvalue weighted by molar-refractivity contribution is 6.32. The first-order valence-electron chi connectivity index (χ1n) is 7.39. The van der Waals surface area contributed by atoms with Crippen molar-refractivity contribution in [3.8, 4) is 5.82 Å². The first-order chi connectivity index (χ1) is 11.6. The molecule has 0 aromatic carbocycles. The highest BCUT2D eigenvalue weighted by atomic mass is 35.5. The van der Waals surface area contributed by atoms with Crippen molar-refractivity contribution in [1.29, 1.82) is 0 Å². The van der Waals surface area contributed by atoms with Crippen LogP contribution in [0, 0.1) is 0 Å². The van der Waals surface area contributed by atoms with E-state index in [-0.39, 0.29) is 5.38 Å². The number of hydrogen-bond donors (Lipinski definition) is 0. The highest BCUT2D eigenvalue weighted by Gasteiger charge is 2.18. The molecule has 0 saturated carbocycles. The maximum atomic E-state index is 6.37. The summed E-state index contributed by atoms with van der Waals surface area (Å²) in [5, 5.41) is 4.92. The number of nitrogens with zero attached hydrogens (tertiary/aromatic N) is 5. The first kappa shape index (κ1) is 17.1. The van der Waals surface area contributed by atoms with Gasteiger partial charge in [0.25, 0.3) is 0 Å². The minimum absolute atomic E-state index is 0.249. The Morgan fingerprint density at radius 1 is 1.17 bits per heavy atom. The molecule has 0 aliphatic heterocycles. The zero-order valence-electron chi connectivity index (χ0n) is 12.8. The van der Waals surface area contributed by atoms with Crippen molar-refractivity contribution in [1.82, 2.24) is 24.7 Å². The van der Waals surface area contributed by atoms with E-state index in [1.165, 1.54) is 6.20 Å². The van der Waals surface area contributed by atoms with Crippen LogP contribution in [0.3, 0.4) is 0 Å². The van der Waals surface area contributed by atoms with Crippen molar-refractivity contribution in [2.75, 3.05) is 0 Å². The molecule has 0 fully saturated rings. The molecule has 0 bridgehead atoms. The molecular weight excluding hydrogens is 369 g/mol. The molecular formula is C16H14Cl3N5. The summed E-state index contributed by atoms with van der Waals surface area (Å²) in [4.78, 5) is 13.0. The molecule has 1 atom stereocenters. The Labute approximate surface area is 154 Å². The third-order valence-electron chi connectivity index (χ3n) is 3.51. The topological polar surface area (TPSA) is 56.5 Å². The molecule has 1 unspecified atom stereocenters. The third-order valence-corrected chi connectivity index (χ3v) is 4.51. The Hall–Kier alpha value is -1.69. The summed E-state index contributed by atoms with van der Waals surface area (Å²) in [7, 11) is 0. The van der Waals surface area contributed by atoms with Gasteiger partial charge in [-0.05, 0) is 24.6 Å². The molecule has 124 valence electrons. The van der Waals surface area contributed by atoms with Gasteiger partial charge in [-0.1, -0.05) is 30.1 Å². The van der Waals surface area contributed by atoms with Gasteiger partial charge in [0, 0.05) is 18.8 Å². The number of alkyl halides is 1. The van der Waals surface area contributed by atoms with Gasteiger partial charge in [-0.25, -0.2) is 14.6 Å². The number of pyridine rings is 1.